The van der Waals surface area contributed by atoms with Gasteiger partial charge in [-0.1, -0.05) is 54.6 Å². The van der Waals surface area contributed by atoms with Gasteiger partial charge >= 0.3 is 0 Å². The third kappa shape index (κ3) is 6.79. The molecular formula is C30H26F2N2O3. The number of carbonyl (C=O) groups excluding carboxylic acids is 2. The molecule has 5 nitrogen and oxygen atoms in total. The second kappa shape index (κ2) is 11.9. The molecule has 4 aromatic carbocycles. The molecule has 0 fully saturated rings. The van der Waals surface area contributed by atoms with Crippen LogP contribution in [0.15, 0.2) is 103 Å². The van der Waals surface area contributed by atoms with Crippen molar-refractivity contribution in [3.63, 3.8) is 0 Å². The van der Waals surface area contributed by atoms with Crippen molar-refractivity contribution < 1.29 is 23.1 Å². The van der Waals surface area contributed by atoms with Gasteiger partial charge in [0.1, 0.15) is 23.4 Å². The second-order valence-electron chi connectivity index (χ2n) is 8.49. The molecule has 0 saturated carbocycles. The van der Waals surface area contributed by atoms with Crippen molar-refractivity contribution in [3.8, 4) is 5.75 Å². The van der Waals surface area contributed by atoms with E-state index in [1.165, 1.54) is 35.2 Å². The van der Waals surface area contributed by atoms with E-state index in [2.05, 4.69) is 5.32 Å². The quantitative estimate of drug-likeness (QED) is 0.310. The second-order valence-corrected chi connectivity index (χ2v) is 8.49. The molecule has 0 spiro atoms. The Labute approximate surface area is 214 Å². The summed E-state index contributed by atoms with van der Waals surface area (Å²) in [6, 6.07) is 26.1. The molecule has 0 radical (unpaired) electrons. The molecule has 7 heteroatoms. The molecular weight excluding hydrogens is 474 g/mol. The molecule has 4 rings (SSSR count). The standard InChI is InChI=1S/C30H26F2N2O3/c1-37-27-16-14-26(15-17-27)33-30(36)29(23-8-5-9-25(32)19-23)34(20-22-10-12-24(31)13-11-22)28(35)18-21-6-3-2-4-7-21/h2-17,19,29H,18,20H2,1H3,(H,33,36). The highest BCUT2D eigenvalue weighted by Crippen LogP contribution is 2.27. The minimum Gasteiger partial charge on any atom is -0.497 e. The Morgan fingerprint density at radius 1 is 0.811 bits per heavy atom. The van der Waals surface area contributed by atoms with Crippen LogP contribution in [0.1, 0.15) is 22.7 Å². The van der Waals surface area contributed by atoms with E-state index in [0.29, 0.717) is 22.6 Å². The third-order valence-electron chi connectivity index (χ3n) is 5.87. The average Bonchev–Trinajstić information content (AvgIpc) is 2.90. The van der Waals surface area contributed by atoms with Crippen LogP contribution in [-0.4, -0.2) is 23.8 Å². The first-order valence-corrected chi connectivity index (χ1v) is 11.7. The van der Waals surface area contributed by atoms with E-state index in [4.69, 9.17) is 4.74 Å². The van der Waals surface area contributed by atoms with Gasteiger partial charge in [0.25, 0.3) is 5.91 Å². The monoisotopic (exact) mass is 500 g/mol. The van der Waals surface area contributed by atoms with Crippen LogP contribution in [0, 0.1) is 11.6 Å². The zero-order chi connectivity index (χ0) is 26.2. The summed E-state index contributed by atoms with van der Waals surface area (Å²) in [6.07, 6.45) is 0.0314. The van der Waals surface area contributed by atoms with Gasteiger partial charge < -0.3 is 15.0 Å². The van der Waals surface area contributed by atoms with Crippen LogP contribution >= 0.6 is 0 Å². The highest BCUT2D eigenvalue weighted by molar-refractivity contribution is 5.98. The van der Waals surface area contributed by atoms with Gasteiger partial charge in [0, 0.05) is 12.2 Å². The Kier molecular flexibility index (Phi) is 8.26. The minimum atomic E-state index is -1.15. The molecule has 188 valence electrons. The lowest BCUT2D eigenvalue weighted by atomic mass is 10.0. The van der Waals surface area contributed by atoms with Gasteiger partial charge in [-0.15, -0.1) is 0 Å². The summed E-state index contributed by atoms with van der Waals surface area (Å²) in [5, 5.41) is 2.83. The number of ether oxygens (including phenoxy) is 1. The number of benzene rings is 4. The number of anilines is 1. The summed E-state index contributed by atoms with van der Waals surface area (Å²) < 4.78 is 33.0. The fourth-order valence-electron chi connectivity index (χ4n) is 4.02. The summed E-state index contributed by atoms with van der Waals surface area (Å²) in [6.45, 7) is 0.0170. The number of hydrogen-bond donors (Lipinski definition) is 1. The SMILES string of the molecule is COc1ccc(NC(=O)C(c2cccc(F)c2)N(Cc2ccc(F)cc2)C(=O)Cc2ccccc2)cc1. The number of hydrogen-bond acceptors (Lipinski definition) is 3. The Balaban J connectivity index is 1.73. The summed E-state index contributed by atoms with van der Waals surface area (Å²) in [4.78, 5) is 28.8. The normalized spacial score (nSPS) is 11.4. The summed E-state index contributed by atoms with van der Waals surface area (Å²) in [5.41, 5.74) is 2.20. The average molecular weight is 501 g/mol. The number of carbonyl (C=O) groups is 2. The van der Waals surface area contributed by atoms with Crippen molar-refractivity contribution in [2.45, 2.75) is 19.0 Å². The molecule has 4 aromatic rings. The number of nitrogens with zero attached hydrogens (tertiary/aromatic N) is 1. The largest absolute Gasteiger partial charge is 0.497 e. The van der Waals surface area contributed by atoms with Gasteiger partial charge in [-0.2, -0.15) is 0 Å². The predicted molar refractivity (Wildman–Crippen MR) is 138 cm³/mol. The van der Waals surface area contributed by atoms with Gasteiger partial charge in [-0.25, -0.2) is 8.78 Å². The van der Waals surface area contributed by atoms with Crippen LogP contribution in [0.2, 0.25) is 0 Å². The number of amides is 2. The third-order valence-corrected chi connectivity index (χ3v) is 5.87. The Morgan fingerprint density at radius 3 is 2.16 bits per heavy atom. The van der Waals surface area contributed by atoms with E-state index in [1.807, 2.05) is 30.3 Å². The molecule has 0 bridgehead atoms. The lowest BCUT2D eigenvalue weighted by Gasteiger charge is -2.32. The van der Waals surface area contributed by atoms with Gasteiger partial charge in [0.05, 0.1) is 13.5 Å². The molecule has 0 saturated heterocycles. The number of halogens is 2. The first-order chi connectivity index (χ1) is 17.9. The van der Waals surface area contributed by atoms with Gasteiger partial charge in [-0.05, 0) is 65.2 Å². The molecule has 1 unspecified atom stereocenters. The van der Waals surface area contributed by atoms with Crippen molar-refractivity contribution in [3.05, 3.63) is 131 Å². The first kappa shape index (κ1) is 25.6. The van der Waals surface area contributed by atoms with E-state index < -0.39 is 23.6 Å². The molecule has 0 heterocycles. The zero-order valence-corrected chi connectivity index (χ0v) is 20.2. The predicted octanol–water partition coefficient (Wildman–Crippen LogP) is 5.92. The van der Waals surface area contributed by atoms with E-state index in [0.717, 1.165) is 5.56 Å². The first-order valence-electron chi connectivity index (χ1n) is 11.7. The summed E-state index contributed by atoms with van der Waals surface area (Å²) in [7, 11) is 1.54. The van der Waals surface area contributed by atoms with Crippen LogP contribution in [0.25, 0.3) is 0 Å². The van der Waals surface area contributed by atoms with Crippen molar-refractivity contribution in [1.29, 1.82) is 0 Å². The Hall–Kier alpha value is -4.52. The van der Waals surface area contributed by atoms with Crippen LogP contribution in [0.5, 0.6) is 5.75 Å². The minimum absolute atomic E-state index is 0.0170. The Bertz CT molecular complexity index is 1340. The fraction of sp³-hybridized carbons (Fsp3) is 0.133. The Morgan fingerprint density at radius 2 is 1.51 bits per heavy atom. The molecule has 0 aliphatic heterocycles. The summed E-state index contributed by atoms with van der Waals surface area (Å²) in [5.74, 6) is -1.17. The molecule has 0 aliphatic rings. The lowest BCUT2D eigenvalue weighted by molar-refractivity contribution is -0.139. The number of methoxy groups -OCH3 is 1. The van der Waals surface area contributed by atoms with Crippen molar-refractivity contribution >= 4 is 17.5 Å². The van der Waals surface area contributed by atoms with Crippen LogP contribution < -0.4 is 10.1 Å². The molecule has 0 aliphatic carbocycles. The zero-order valence-electron chi connectivity index (χ0n) is 20.2. The van der Waals surface area contributed by atoms with E-state index in [1.54, 1.807) is 49.6 Å². The number of rotatable bonds is 9. The van der Waals surface area contributed by atoms with Gasteiger partial charge in [0.15, 0.2) is 0 Å². The molecule has 1 N–H and O–H groups in total. The molecule has 2 amide bonds. The highest BCUT2D eigenvalue weighted by atomic mass is 19.1. The number of nitrogens with one attached hydrogen (secondary N) is 1. The fourth-order valence-corrected chi connectivity index (χ4v) is 4.02. The van der Waals surface area contributed by atoms with Crippen molar-refractivity contribution in [2.75, 3.05) is 12.4 Å². The highest BCUT2D eigenvalue weighted by Gasteiger charge is 2.32. The van der Waals surface area contributed by atoms with E-state index in [-0.39, 0.29) is 18.9 Å². The van der Waals surface area contributed by atoms with Crippen molar-refractivity contribution in [2.24, 2.45) is 0 Å². The molecule has 0 aromatic heterocycles. The smallest absolute Gasteiger partial charge is 0.251 e. The molecule has 1 atom stereocenters. The maximum Gasteiger partial charge on any atom is 0.251 e. The van der Waals surface area contributed by atoms with E-state index in [9.17, 15) is 18.4 Å². The van der Waals surface area contributed by atoms with Crippen molar-refractivity contribution in [1.82, 2.24) is 4.90 Å². The van der Waals surface area contributed by atoms with Gasteiger partial charge in [-0.3, -0.25) is 9.59 Å². The van der Waals surface area contributed by atoms with E-state index >= 15 is 0 Å². The van der Waals surface area contributed by atoms with Crippen LogP contribution in [0.3, 0.4) is 0 Å². The van der Waals surface area contributed by atoms with Gasteiger partial charge in [0.2, 0.25) is 5.91 Å². The molecule has 37 heavy (non-hydrogen) atoms. The maximum absolute atomic E-state index is 14.3. The van der Waals surface area contributed by atoms with Crippen LogP contribution in [0.4, 0.5) is 14.5 Å². The van der Waals surface area contributed by atoms with Crippen LogP contribution in [-0.2, 0) is 22.6 Å². The topological polar surface area (TPSA) is 58.6 Å². The maximum atomic E-state index is 14.3. The summed E-state index contributed by atoms with van der Waals surface area (Å²) >= 11 is 0. The lowest BCUT2D eigenvalue weighted by Crippen LogP contribution is -2.41.